The van der Waals surface area contributed by atoms with Crippen LogP contribution in [0, 0.1) is 11.3 Å². The third-order valence-electron chi connectivity index (χ3n) is 6.90. The largest absolute Gasteiger partial charge is 0.368 e. The molecule has 1 aliphatic rings. The van der Waals surface area contributed by atoms with Gasteiger partial charge in [0.15, 0.2) is 8.38 Å². The fourth-order valence-electron chi connectivity index (χ4n) is 4.78. The van der Waals surface area contributed by atoms with E-state index < -0.39 is 26.7 Å². The minimum absolute atomic E-state index is 0.216. The quantitative estimate of drug-likeness (QED) is 0.137. The van der Waals surface area contributed by atoms with Crippen molar-refractivity contribution in [2.75, 3.05) is 19.9 Å². The lowest BCUT2D eigenvalue weighted by Gasteiger charge is -2.46. The molecule has 3 aromatic carbocycles. The zero-order valence-corrected chi connectivity index (χ0v) is 24.7. The summed E-state index contributed by atoms with van der Waals surface area (Å²) in [5.41, 5.74) is 3.22. The molecular formula is C33H40NO6P. The van der Waals surface area contributed by atoms with Crippen LogP contribution in [-0.2, 0) is 47.8 Å². The first-order valence-corrected chi connectivity index (χ1v) is 15.8. The van der Waals surface area contributed by atoms with Crippen molar-refractivity contribution >= 4 is 8.38 Å². The van der Waals surface area contributed by atoms with Crippen LogP contribution in [-0.4, -0.2) is 50.4 Å². The van der Waals surface area contributed by atoms with Gasteiger partial charge >= 0.3 is 0 Å². The summed E-state index contributed by atoms with van der Waals surface area (Å²) < 4.78 is 38.3. The molecular weight excluding hydrogens is 537 g/mol. The monoisotopic (exact) mass is 577 g/mol. The SMILES string of the molecule is CC[C@H]1O[C@@H](COP(C)OCCC#N)[C@H](OCc2ccccc2)[C@@H](OCc2ccccc2)[C@@H]1OCc1ccccc1. The van der Waals surface area contributed by atoms with Gasteiger partial charge in [-0.25, -0.2) is 0 Å². The van der Waals surface area contributed by atoms with E-state index in [1.165, 1.54) is 0 Å². The number of nitrogens with zero attached hydrogens (tertiary/aromatic N) is 1. The Kier molecular flexibility index (Phi) is 13.2. The van der Waals surface area contributed by atoms with Gasteiger partial charge in [-0.15, -0.1) is 0 Å². The van der Waals surface area contributed by atoms with Gasteiger partial charge in [-0.05, 0) is 23.1 Å². The van der Waals surface area contributed by atoms with Crippen molar-refractivity contribution in [1.82, 2.24) is 0 Å². The van der Waals surface area contributed by atoms with E-state index in [4.69, 9.17) is 33.3 Å². The van der Waals surface area contributed by atoms with E-state index in [2.05, 4.69) is 37.3 Å². The van der Waals surface area contributed by atoms with Gasteiger partial charge in [-0.1, -0.05) is 97.9 Å². The highest BCUT2D eigenvalue weighted by molar-refractivity contribution is 7.46. The van der Waals surface area contributed by atoms with Crippen LogP contribution in [0.25, 0.3) is 0 Å². The first-order valence-electron chi connectivity index (χ1n) is 14.2. The summed E-state index contributed by atoms with van der Waals surface area (Å²) in [5, 5.41) is 8.83. The third-order valence-corrected chi connectivity index (χ3v) is 7.95. The average molecular weight is 578 g/mol. The highest BCUT2D eigenvalue weighted by Gasteiger charge is 2.48. The van der Waals surface area contributed by atoms with Gasteiger partial charge in [-0.3, -0.25) is 0 Å². The lowest BCUT2D eigenvalue weighted by atomic mass is 9.93. The Balaban J connectivity index is 1.57. The molecule has 0 aromatic heterocycles. The fourth-order valence-corrected chi connectivity index (χ4v) is 5.56. The Morgan fingerprint density at radius 2 is 1.15 bits per heavy atom. The molecule has 1 aliphatic heterocycles. The summed E-state index contributed by atoms with van der Waals surface area (Å²) in [7, 11) is -1.17. The highest BCUT2D eigenvalue weighted by atomic mass is 31.2. The maximum absolute atomic E-state index is 8.83. The van der Waals surface area contributed by atoms with Gasteiger partial charge in [0, 0.05) is 6.66 Å². The lowest BCUT2D eigenvalue weighted by Crippen LogP contribution is -2.61. The normalized spacial score (nSPS) is 23.1. The lowest BCUT2D eigenvalue weighted by molar-refractivity contribution is -0.269. The number of hydrogen-bond acceptors (Lipinski definition) is 7. The molecule has 8 heteroatoms. The molecule has 218 valence electrons. The van der Waals surface area contributed by atoms with E-state index in [1.54, 1.807) is 0 Å². The Hall–Kier alpha value is -2.66. The second-order valence-electron chi connectivity index (χ2n) is 9.88. The van der Waals surface area contributed by atoms with Crippen LogP contribution in [0.5, 0.6) is 0 Å². The third kappa shape index (κ3) is 9.99. The van der Waals surface area contributed by atoms with Crippen molar-refractivity contribution in [3.8, 4) is 6.07 Å². The Labute approximate surface area is 245 Å². The van der Waals surface area contributed by atoms with Crippen molar-refractivity contribution in [2.24, 2.45) is 0 Å². The number of rotatable bonds is 16. The Morgan fingerprint density at radius 3 is 1.61 bits per heavy atom. The molecule has 0 spiro atoms. The Bertz CT molecular complexity index is 1160. The molecule has 1 saturated heterocycles. The molecule has 3 aromatic rings. The molecule has 4 rings (SSSR count). The highest BCUT2D eigenvalue weighted by Crippen LogP contribution is 2.37. The molecule has 1 heterocycles. The summed E-state index contributed by atoms with van der Waals surface area (Å²) in [6, 6.07) is 32.4. The number of hydrogen-bond donors (Lipinski definition) is 0. The van der Waals surface area contributed by atoms with Crippen molar-refractivity contribution < 1.29 is 28.0 Å². The van der Waals surface area contributed by atoms with E-state index in [9.17, 15) is 0 Å². The standard InChI is InChI=1S/C33H40NO6P/c1-3-29-31(35-22-26-14-7-4-8-15-26)33(37-24-28-18-11-6-12-19-28)32(36-23-27-16-9-5-10-17-27)30(40-29)25-39-41(2)38-21-13-20-34/h4-12,14-19,29-33H,3,13,21-25H2,1-2H3/t29-,30+,31-,32+,33+,41?/m1/s1. The number of ether oxygens (including phenoxy) is 4. The summed E-state index contributed by atoms with van der Waals surface area (Å²) in [6.07, 6.45) is -0.755. The molecule has 0 amide bonds. The summed E-state index contributed by atoms with van der Waals surface area (Å²) in [6.45, 7) is 5.87. The predicted molar refractivity (Wildman–Crippen MR) is 159 cm³/mol. The molecule has 1 unspecified atom stereocenters. The van der Waals surface area contributed by atoms with Crippen LogP contribution in [0.1, 0.15) is 36.5 Å². The van der Waals surface area contributed by atoms with Crippen molar-refractivity contribution in [2.45, 2.75) is 70.1 Å². The minimum atomic E-state index is -1.17. The molecule has 41 heavy (non-hydrogen) atoms. The summed E-state index contributed by atoms with van der Waals surface area (Å²) in [5.74, 6) is 0. The van der Waals surface area contributed by atoms with Gasteiger partial charge in [0.2, 0.25) is 0 Å². The molecule has 6 atom stereocenters. The Morgan fingerprint density at radius 1 is 0.683 bits per heavy atom. The van der Waals surface area contributed by atoms with Crippen LogP contribution < -0.4 is 0 Å². The van der Waals surface area contributed by atoms with E-state index in [0.717, 1.165) is 23.1 Å². The molecule has 0 N–H and O–H groups in total. The molecule has 0 radical (unpaired) electrons. The van der Waals surface area contributed by atoms with Gasteiger partial charge in [0.1, 0.15) is 24.4 Å². The zero-order chi connectivity index (χ0) is 28.7. The van der Waals surface area contributed by atoms with Crippen molar-refractivity contribution in [1.29, 1.82) is 5.26 Å². The maximum atomic E-state index is 8.83. The molecule has 0 bridgehead atoms. The van der Waals surface area contributed by atoms with Crippen LogP contribution in [0.3, 0.4) is 0 Å². The van der Waals surface area contributed by atoms with E-state index >= 15 is 0 Å². The van der Waals surface area contributed by atoms with Crippen molar-refractivity contribution in [3.63, 3.8) is 0 Å². The van der Waals surface area contributed by atoms with Gasteiger partial charge in [-0.2, -0.15) is 5.26 Å². The minimum Gasteiger partial charge on any atom is -0.368 e. The zero-order valence-electron chi connectivity index (χ0n) is 23.8. The van der Waals surface area contributed by atoms with E-state index in [0.29, 0.717) is 32.8 Å². The van der Waals surface area contributed by atoms with Crippen LogP contribution in [0.4, 0.5) is 0 Å². The van der Waals surface area contributed by atoms with Crippen LogP contribution in [0.15, 0.2) is 91.0 Å². The molecule has 7 nitrogen and oxygen atoms in total. The number of benzene rings is 3. The second-order valence-corrected chi connectivity index (χ2v) is 11.3. The number of nitriles is 1. The molecule has 0 saturated carbocycles. The summed E-state index contributed by atoms with van der Waals surface area (Å²) >= 11 is 0. The smallest absolute Gasteiger partial charge is 0.167 e. The average Bonchev–Trinajstić information content (AvgIpc) is 3.02. The van der Waals surface area contributed by atoms with Gasteiger partial charge in [0.05, 0.1) is 51.6 Å². The molecule has 1 fully saturated rings. The van der Waals surface area contributed by atoms with E-state index in [-0.39, 0.29) is 18.8 Å². The summed E-state index contributed by atoms with van der Waals surface area (Å²) in [4.78, 5) is 0. The van der Waals surface area contributed by atoms with Crippen molar-refractivity contribution in [3.05, 3.63) is 108 Å². The van der Waals surface area contributed by atoms with Crippen LogP contribution in [0.2, 0.25) is 0 Å². The van der Waals surface area contributed by atoms with Gasteiger partial charge < -0.3 is 28.0 Å². The van der Waals surface area contributed by atoms with Crippen LogP contribution >= 0.6 is 8.38 Å². The second kappa shape index (κ2) is 17.3. The van der Waals surface area contributed by atoms with E-state index in [1.807, 2.05) is 73.4 Å². The first kappa shape index (κ1) is 31.3. The molecule has 0 aliphatic carbocycles. The predicted octanol–water partition coefficient (Wildman–Crippen LogP) is 6.81. The topological polar surface area (TPSA) is 79.2 Å². The maximum Gasteiger partial charge on any atom is 0.167 e. The van der Waals surface area contributed by atoms with Gasteiger partial charge in [0.25, 0.3) is 0 Å². The first-order chi connectivity index (χ1) is 20.2. The fraction of sp³-hybridized carbons (Fsp3) is 0.424.